The van der Waals surface area contributed by atoms with E-state index in [1.165, 1.54) is 45.9 Å². The summed E-state index contributed by atoms with van der Waals surface area (Å²) < 4.78 is 2.89. The van der Waals surface area contributed by atoms with Crippen molar-refractivity contribution in [1.82, 2.24) is 0 Å². The van der Waals surface area contributed by atoms with Gasteiger partial charge in [-0.05, 0) is 0 Å². The summed E-state index contributed by atoms with van der Waals surface area (Å²) in [5.74, 6) is -0.860. The third kappa shape index (κ3) is 3.46. The Bertz CT molecular complexity index is 1050. The number of likely N-dealkylation sites (N-methyl/N-ethyl adjacent to an activating group) is 1. The van der Waals surface area contributed by atoms with Crippen molar-refractivity contribution < 1.29 is 14.8 Å². The summed E-state index contributed by atoms with van der Waals surface area (Å²) >= 11 is 0.862. The van der Waals surface area contributed by atoms with E-state index in [-0.39, 0.29) is 0 Å². The van der Waals surface area contributed by atoms with E-state index in [0.29, 0.717) is 10.9 Å². The molecule has 0 fully saturated rings. The van der Waals surface area contributed by atoms with Crippen molar-refractivity contribution >= 4 is 53.1 Å². The quantitative estimate of drug-likeness (QED) is 0.620. The number of allylic oxidation sites excluding steroid dienone is 3. The van der Waals surface area contributed by atoms with Gasteiger partial charge in [0.25, 0.3) is 0 Å². The average molecular weight is 507 g/mol. The van der Waals surface area contributed by atoms with Crippen LogP contribution in [0.2, 0.25) is 0 Å². The number of fused-ring (bicyclic) bond motifs is 2. The van der Waals surface area contributed by atoms with Gasteiger partial charge in [0.2, 0.25) is 0 Å². The fourth-order valence-electron chi connectivity index (χ4n) is 3.44. The van der Waals surface area contributed by atoms with Gasteiger partial charge in [0.1, 0.15) is 0 Å². The number of carbonyl (C=O) groups is 1. The van der Waals surface area contributed by atoms with Crippen LogP contribution in [0.5, 0.6) is 0 Å². The Kier molecular flexibility index (Phi) is 5.24. The summed E-state index contributed by atoms with van der Waals surface area (Å²) in [4.78, 5) is 16.4. The molecule has 6 heteroatoms. The van der Waals surface area contributed by atoms with Crippen LogP contribution in [-0.4, -0.2) is 66.2 Å². The van der Waals surface area contributed by atoms with E-state index in [2.05, 4.69) is 69.5 Å². The minimum atomic E-state index is -0.860. The van der Waals surface area contributed by atoms with Gasteiger partial charge in [-0.3, -0.25) is 0 Å². The summed E-state index contributed by atoms with van der Waals surface area (Å²) in [6, 6.07) is 10.8. The van der Waals surface area contributed by atoms with Crippen LogP contribution in [0.25, 0.3) is 5.57 Å². The molecule has 1 aliphatic carbocycles. The van der Waals surface area contributed by atoms with Crippen molar-refractivity contribution in [2.24, 2.45) is 0 Å². The Hall–Kier alpha value is -1.84. The van der Waals surface area contributed by atoms with Gasteiger partial charge < -0.3 is 0 Å². The summed E-state index contributed by atoms with van der Waals surface area (Å²) in [5, 5.41) is 9.38. The van der Waals surface area contributed by atoms with Crippen molar-refractivity contribution in [3.05, 3.63) is 73.1 Å². The van der Waals surface area contributed by atoms with Gasteiger partial charge in [-0.2, -0.15) is 0 Å². The second kappa shape index (κ2) is 7.53. The summed E-state index contributed by atoms with van der Waals surface area (Å²) in [7, 11) is 8.50. The van der Waals surface area contributed by atoms with Crippen LogP contribution < -0.4 is 13.4 Å². The molecule has 2 aliphatic rings. The molecule has 2 heterocycles. The molecular weight excluding hydrogens is 484 g/mol. The van der Waals surface area contributed by atoms with Crippen LogP contribution in [-0.2, 0) is 0 Å². The van der Waals surface area contributed by atoms with E-state index in [1.807, 2.05) is 6.07 Å². The van der Waals surface area contributed by atoms with Crippen LogP contribution >= 0.6 is 11.3 Å². The Morgan fingerprint density at radius 2 is 2.00 bits per heavy atom. The normalized spacial score (nSPS) is 18.0. The molecule has 1 aromatic heterocycles. The molecule has 2 aromatic rings. The van der Waals surface area contributed by atoms with Crippen LogP contribution in [0, 0.1) is 0 Å². The minimum absolute atomic E-state index is 0.387. The first-order valence-corrected chi connectivity index (χ1v) is 12.3. The van der Waals surface area contributed by atoms with Crippen LogP contribution in [0.3, 0.4) is 0 Å². The van der Waals surface area contributed by atoms with Crippen LogP contribution in [0.4, 0.5) is 5.69 Å². The number of carboxylic acids is 1. The third-order valence-electron chi connectivity index (χ3n) is 5.04. The first kappa shape index (κ1) is 19.5. The molecule has 0 amide bonds. The van der Waals surface area contributed by atoms with Crippen molar-refractivity contribution in [3.8, 4) is 0 Å². The monoisotopic (exact) mass is 509 g/mol. The van der Waals surface area contributed by atoms with Gasteiger partial charge in [-0.15, -0.1) is 0 Å². The van der Waals surface area contributed by atoms with Gasteiger partial charge in [0.05, 0.1) is 0 Å². The molecule has 0 saturated carbocycles. The maximum absolute atomic E-state index is 11.4. The number of rotatable bonds is 4. The van der Waals surface area contributed by atoms with Crippen LogP contribution in [0.15, 0.2) is 57.8 Å². The average Bonchev–Trinajstić information content (AvgIpc) is 3.15. The third-order valence-corrected chi connectivity index (χ3v) is 9.36. The van der Waals surface area contributed by atoms with E-state index < -0.39 is 26.9 Å². The van der Waals surface area contributed by atoms with E-state index in [4.69, 9.17) is 0 Å². The molecule has 0 spiro atoms. The van der Waals surface area contributed by atoms with E-state index in [1.54, 1.807) is 6.07 Å². The van der Waals surface area contributed by atoms with E-state index in [0.717, 1.165) is 4.88 Å². The fourth-order valence-corrected chi connectivity index (χ4v) is 7.76. The summed E-state index contributed by atoms with van der Waals surface area (Å²) in [5.41, 5.74) is 4.94. The van der Waals surface area contributed by atoms with Crippen molar-refractivity contribution in [2.75, 3.05) is 33.1 Å². The number of hydrogen-bond acceptors (Lipinski definition) is 3. The number of carboxylic acid groups (broad SMARTS) is 1. The Balaban J connectivity index is 1.92. The number of quaternary nitrogens is 1. The molecule has 1 aromatic carbocycles. The number of nitrogens with zero attached hydrogens (tertiary/aromatic N) is 1. The standard InChI is InChI=1S/C22H22N2O2STe/c1-23(2)13-5-7-15-19(11-13)28-20-12-14(24(3)4)6-8-16(20)21(15)17-9-10-18(27-17)22(25)26/h5-13H,1-4H3,(H,25,26)/p+1. The molecule has 144 valence electrons. The number of thiophene rings is 1. The van der Waals surface area contributed by atoms with E-state index in [9.17, 15) is 9.90 Å². The molecular formula is C22H23N2O2STe+. The van der Waals surface area contributed by atoms with Crippen molar-refractivity contribution in [2.45, 2.75) is 6.04 Å². The molecule has 1 aliphatic heterocycles. The predicted molar refractivity (Wildman–Crippen MR) is 117 cm³/mol. The number of hydrogen-bond donors (Lipinski definition) is 2. The van der Waals surface area contributed by atoms with Gasteiger partial charge in [-0.25, -0.2) is 0 Å². The summed E-state index contributed by atoms with van der Waals surface area (Å²) in [6.45, 7) is 0. The zero-order valence-corrected chi connectivity index (χ0v) is 19.5. The van der Waals surface area contributed by atoms with Gasteiger partial charge in [0, 0.05) is 0 Å². The molecule has 4 nitrogen and oxygen atoms in total. The van der Waals surface area contributed by atoms with Gasteiger partial charge >= 0.3 is 180 Å². The zero-order chi connectivity index (χ0) is 20.0. The van der Waals surface area contributed by atoms with Gasteiger partial charge in [-0.1, -0.05) is 0 Å². The van der Waals surface area contributed by atoms with Gasteiger partial charge in [0.15, 0.2) is 0 Å². The Morgan fingerprint density at radius 1 is 1.21 bits per heavy atom. The fraction of sp³-hybridized carbons (Fsp3) is 0.227. The van der Waals surface area contributed by atoms with Crippen LogP contribution in [0.1, 0.15) is 20.1 Å². The SMILES string of the molecule is CN(C)c1ccc2c(c1)[Te]C1=CC([NH+](C)C)C=CC1=C2c1ccc(C(=O)O)s1. The maximum atomic E-state index is 11.4. The Morgan fingerprint density at radius 3 is 2.64 bits per heavy atom. The number of nitrogens with one attached hydrogen (secondary N) is 1. The molecule has 0 radical (unpaired) electrons. The van der Waals surface area contributed by atoms with E-state index >= 15 is 0 Å². The predicted octanol–water partition coefficient (Wildman–Crippen LogP) is 1.62. The molecule has 1 atom stereocenters. The van der Waals surface area contributed by atoms with Crippen molar-refractivity contribution in [3.63, 3.8) is 0 Å². The van der Waals surface area contributed by atoms with Crippen molar-refractivity contribution in [1.29, 1.82) is 0 Å². The second-order valence-electron chi connectivity index (χ2n) is 7.43. The number of aromatic carboxylic acids is 1. The zero-order valence-electron chi connectivity index (χ0n) is 16.3. The molecule has 1 unspecified atom stereocenters. The number of anilines is 1. The Labute approximate surface area is 179 Å². The topological polar surface area (TPSA) is 45.0 Å². The number of benzene rings is 1. The molecule has 0 saturated heterocycles. The molecule has 28 heavy (non-hydrogen) atoms. The summed E-state index contributed by atoms with van der Waals surface area (Å²) in [6.07, 6.45) is 6.95. The molecule has 2 N–H and O–H groups in total. The first-order chi connectivity index (χ1) is 13.3. The molecule has 0 bridgehead atoms. The first-order valence-electron chi connectivity index (χ1n) is 9.13. The second-order valence-corrected chi connectivity index (χ2v) is 11.6. The molecule has 4 rings (SSSR count).